The molecule has 0 spiro atoms. The van der Waals surface area contributed by atoms with Gasteiger partial charge in [0.05, 0.1) is 10.0 Å². The molecule has 18 heavy (non-hydrogen) atoms. The van der Waals surface area contributed by atoms with Crippen LogP contribution in [0.3, 0.4) is 0 Å². The fraction of sp³-hybridized carbons (Fsp3) is 0.571. The van der Waals surface area contributed by atoms with E-state index >= 15 is 0 Å². The van der Waals surface area contributed by atoms with Crippen molar-refractivity contribution in [2.75, 3.05) is 12.3 Å². The van der Waals surface area contributed by atoms with Gasteiger partial charge in [-0.2, -0.15) is 11.8 Å². The first-order valence-electron chi connectivity index (χ1n) is 6.53. The molecule has 1 heterocycles. The third-order valence-corrected chi connectivity index (χ3v) is 5.56. The molecule has 1 fully saturated rings. The SMILES string of the molecule is CCCNC(c1cccc(Cl)c1Cl)C1CCCS1. The van der Waals surface area contributed by atoms with Crippen molar-refractivity contribution in [3.8, 4) is 0 Å². The Morgan fingerprint density at radius 3 is 2.94 bits per heavy atom. The summed E-state index contributed by atoms with van der Waals surface area (Å²) in [5.74, 6) is 1.26. The van der Waals surface area contributed by atoms with E-state index in [-0.39, 0.29) is 0 Å². The van der Waals surface area contributed by atoms with E-state index in [1.807, 2.05) is 23.9 Å². The lowest BCUT2D eigenvalue weighted by Gasteiger charge is -2.25. The highest BCUT2D eigenvalue weighted by Gasteiger charge is 2.28. The number of hydrogen-bond acceptors (Lipinski definition) is 2. The smallest absolute Gasteiger partial charge is 0.0640 e. The van der Waals surface area contributed by atoms with Gasteiger partial charge in [0.25, 0.3) is 0 Å². The van der Waals surface area contributed by atoms with Gasteiger partial charge < -0.3 is 5.32 Å². The average Bonchev–Trinajstić information content (AvgIpc) is 2.88. The van der Waals surface area contributed by atoms with Crippen molar-refractivity contribution in [1.82, 2.24) is 5.32 Å². The molecule has 4 heteroatoms. The quantitative estimate of drug-likeness (QED) is 0.828. The normalized spacial score (nSPS) is 21.2. The number of nitrogens with one attached hydrogen (secondary N) is 1. The van der Waals surface area contributed by atoms with Gasteiger partial charge in [0.2, 0.25) is 0 Å². The van der Waals surface area contributed by atoms with E-state index in [2.05, 4.69) is 18.3 Å². The highest BCUT2D eigenvalue weighted by molar-refractivity contribution is 8.00. The summed E-state index contributed by atoms with van der Waals surface area (Å²) in [6.45, 7) is 3.20. The summed E-state index contributed by atoms with van der Waals surface area (Å²) in [5, 5.41) is 5.61. The minimum absolute atomic E-state index is 0.323. The van der Waals surface area contributed by atoms with Crippen LogP contribution in [-0.2, 0) is 0 Å². The first-order chi connectivity index (χ1) is 8.74. The summed E-state index contributed by atoms with van der Waals surface area (Å²) in [4.78, 5) is 0. The van der Waals surface area contributed by atoms with Crippen LogP contribution in [0.4, 0.5) is 0 Å². The van der Waals surface area contributed by atoms with Crippen LogP contribution in [0.15, 0.2) is 18.2 Å². The van der Waals surface area contributed by atoms with Crippen molar-refractivity contribution in [3.05, 3.63) is 33.8 Å². The minimum Gasteiger partial charge on any atom is -0.309 e. The summed E-state index contributed by atoms with van der Waals surface area (Å²) in [6, 6.07) is 6.26. The first-order valence-corrected chi connectivity index (χ1v) is 8.33. The predicted octanol–water partition coefficient (Wildman–Crippen LogP) is 4.93. The van der Waals surface area contributed by atoms with Crippen molar-refractivity contribution in [2.24, 2.45) is 0 Å². The van der Waals surface area contributed by atoms with Crippen LogP contribution in [0.2, 0.25) is 10.0 Å². The van der Waals surface area contributed by atoms with Crippen molar-refractivity contribution >= 4 is 35.0 Å². The molecule has 0 amide bonds. The van der Waals surface area contributed by atoms with Crippen molar-refractivity contribution in [3.63, 3.8) is 0 Å². The summed E-state index contributed by atoms with van der Waals surface area (Å²) >= 11 is 14.5. The highest BCUT2D eigenvalue weighted by atomic mass is 35.5. The number of benzene rings is 1. The Balaban J connectivity index is 2.23. The molecule has 0 aromatic heterocycles. The third kappa shape index (κ3) is 3.36. The zero-order chi connectivity index (χ0) is 13.0. The standard InChI is InChI=1S/C14H19Cl2NS/c1-2-8-17-14(12-7-4-9-18-12)10-5-3-6-11(15)13(10)16/h3,5-6,12,14,17H,2,4,7-9H2,1H3. The maximum Gasteiger partial charge on any atom is 0.0640 e. The molecule has 1 aliphatic rings. The summed E-state index contributed by atoms with van der Waals surface area (Å²) in [7, 11) is 0. The summed E-state index contributed by atoms with van der Waals surface area (Å²) < 4.78 is 0. The largest absolute Gasteiger partial charge is 0.309 e. The molecule has 0 saturated carbocycles. The molecule has 2 rings (SSSR count). The molecule has 2 atom stereocenters. The van der Waals surface area contributed by atoms with E-state index in [0.717, 1.165) is 18.5 Å². The van der Waals surface area contributed by atoms with E-state index < -0.39 is 0 Å². The second-order valence-electron chi connectivity index (χ2n) is 4.63. The van der Waals surface area contributed by atoms with Crippen molar-refractivity contribution in [2.45, 2.75) is 37.5 Å². The Morgan fingerprint density at radius 2 is 2.28 bits per heavy atom. The van der Waals surface area contributed by atoms with Gasteiger partial charge in [-0.1, -0.05) is 42.3 Å². The molecule has 1 saturated heterocycles. The Morgan fingerprint density at radius 1 is 1.44 bits per heavy atom. The van der Waals surface area contributed by atoms with E-state index in [1.54, 1.807) is 0 Å². The summed E-state index contributed by atoms with van der Waals surface area (Å²) in [6.07, 6.45) is 3.69. The monoisotopic (exact) mass is 303 g/mol. The second kappa shape index (κ2) is 7.04. The number of halogens is 2. The van der Waals surface area contributed by atoms with Gasteiger partial charge in [0.15, 0.2) is 0 Å². The lowest BCUT2D eigenvalue weighted by atomic mass is 10.0. The van der Waals surface area contributed by atoms with Gasteiger partial charge in [-0.25, -0.2) is 0 Å². The Hall–Kier alpha value is 0.110. The van der Waals surface area contributed by atoms with Gasteiger partial charge in [0, 0.05) is 11.3 Å². The van der Waals surface area contributed by atoms with Crippen LogP contribution < -0.4 is 5.32 Å². The molecule has 2 unspecified atom stereocenters. The van der Waals surface area contributed by atoms with E-state index in [4.69, 9.17) is 23.2 Å². The zero-order valence-electron chi connectivity index (χ0n) is 10.6. The van der Waals surface area contributed by atoms with Crippen LogP contribution >= 0.6 is 35.0 Å². The maximum absolute atomic E-state index is 6.36. The Bertz CT molecular complexity index is 391. The maximum atomic E-state index is 6.36. The van der Waals surface area contributed by atoms with Gasteiger partial charge in [0.1, 0.15) is 0 Å². The van der Waals surface area contributed by atoms with Crippen molar-refractivity contribution in [1.29, 1.82) is 0 Å². The molecule has 0 aliphatic carbocycles. The first kappa shape index (κ1) is 14.5. The average molecular weight is 304 g/mol. The van der Waals surface area contributed by atoms with Crippen LogP contribution in [-0.4, -0.2) is 17.5 Å². The fourth-order valence-corrected chi connectivity index (χ4v) is 4.20. The molecule has 100 valence electrons. The molecule has 1 aromatic rings. The topological polar surface area (TPSA) is 12.0 Å². The molecule has 0 radical (unpaired) electrons. The molecular weight excluding hydrogens is 285 g/mol. The lowest BCUT2D eigenvalue weighted by molar-refractivity contribution is 0.503. The van der Waals surface area contributed by atoms with Gasteiger partial charge in [-0.05, 0) is 43.2 Å². The van der Waals surface area contributed by atoms with Crippen LogP contribution in [0, 0.1) is 0 Å². The highest BCUT2D eigenvalue weighted by Crippen LogP contribution is 2.39. The number of thioether (sulfide) groups is 1. The molecular formula is C14H19Cl2NS. The van der Waals surface area contributed by atoms with Gasteiger partial charge >= 0.3 is 0 Å². The van der Waals surface area contributed by atoms with Crippen molar-refractivity contribution < 1.29 is 0 Å². The lowest BCUT2D eigenvalue weighted by Crippen LogP contribution is -2.30. The van der Waals surface area contributed by atoms with E-state index in [9.17, 15) is 0 Å². The Kier molecular flexibility index (Phi) is 5.68. The van der Waals surface area contributed by atoms with Gasteiger partial charge in [-0.3, -0.25) is 0 Å². The molecule has 0 bridgehead atoms. The second-order valence-corrected chi connectivity index (χ2v) is 6.76. The predicted molar refractivity (Wildman–Crippen MR) is 83.0 cm³/mol. The summed E-state index contributed by atoms with van der Waals surface area (Å²) in [5.41, 5.74) is 1.15. The molecule has 1 N–H and O–H groups in total. The third-order valence-electron chi connectivity index (χ3n) is 3.27. The molecule has 1 aliphatic heterocycles. The van der Waals surface area contributed by atoms with E-state index in [1.165, 1.54) is 18.6 Å². The van der Waals surface area contributed by atoms with E-state index in [0.29, 0.717) is 21.3 Å². The number of hydrogen-bond donors (Lipinski definition) is 1. The minimum atomic E-state index is 0.323. The van der Waals surface area contributed by atoms with Crippen LogP contribution in [0.25, 0.3) is 0 Å². The van der Waals surface area contributed by atoms with Crippen LogP contribution in [0.5, 0.6) is 0 Å². The Labute approximate surface area is 124 Å². The molecule has 1 nitrogen and oxygen atoms in total. The zero-order valence-corrected chi connectivity index (χ0v) is 12.9. The number of rotatable bonds is 5. The molecule has 1 aromatic carbocycles. The fourth-order valence-electron chi connectivity index (χ4n) is 2.37. The van der Waals surface area contributed by atoms with Gasteiger partial charge in [-0.15, -0.1) is 0 Å². The van der Waals surface area contributed by atoms with Crippen LogP contribution in [0.1, 0.15) is 37.8 Å².